The van der Waals surface area contributed by atoms with Gasteiger partial charge in [0, 0.05) is 17.8 Å². The lowest BCUT2D eigenvalue weighted by molar-refractivity contribution is -0.670. The van der Waals surface area contributed by atoms with Gasteiger partial charge in [0.2, 0.25) is 11.0 Å². The summed E-state index contributed by atoms with van der Waals surface area (Å²) < 4.78 is 6.43. The Labute approximate surface area is 142 Å². The number of carbonyl (C=O) groups is 2. The van der Waals surface area contributed by atoms with Crippen molar-refractivity contribution in [3.63, 3.8) is 0 Å². The number of carbonyl (C=O) groups excluding carboxylic acids is 1. The molecule has 0 spiro atoms. The fourth-order valence-electron chi connectivity index (χ4n) is 2.09. The van der Waals surface area contributed by atoms with Crippen molar-refractivity contribution in [3.8, 4) is 5.69 Å². The molecule has 3 aromatic rings. The van der Waals surface area contributed by atoms with E-state index in [1.807, 2.05) is 19.1 Å². The van der Waals surface area contributed by atoms with E-state index in [-0.39, 0.29) is 11.4 Å². The molecule has 1 aromatic heterocycles. The van der Waals surface area contributed by atoms with Crippen molar-refractivity contribution in [2.24, 2.45) is 0 Å². The summed E-state index contributed by atoms with van der Waals surface area (Å²) >= 11 is 0. The van der Waals surface area contributed by atoms with Crippen molar-refractivity contribution in [1.29, 1.82) is 0 Å². The zero-order valence-corrected chi connectivity index (χ0v) is 13.3. The summed E-state index contributed by atoms with van der Waals surface area (Å²) in [7, 11) is 0. The van der Waals surface area contributed by atoms with E-state index in [0.29, 0.717) is 11.4 Å². The standard InChI is InChI=1S/C17H14N4O4/c1-11-2-6-13(7-3-11)18-17(24)19-15-10-21(20-25-15)14-8-4-12(5-9-14)16(22)23/h2-10H,1H3,(H2-,18,19,20,22,23,24)/p+1. The molecule has 1 heterocycles. The van der Waals surface area contributed by atoms with E-state index in [2.05, 4.69) is 15.9 Å². The molecule has 2 aromatic carbocycles. The zero-order chi connectivity index (χ0) is 17.8. The topological polar surface area (TPSA) is 108 Å². The number of carboxylic acids is 1. The molecule has 25 heavy (non-hydrogen) atoms. The lowest BCUT2D eigenvalue weighted by Gasteiger charge is -2.04. The van der Waals surface area contributed by atoms with Gasteiger partial charge < -0.3 is 10.4 Å². The van der Waals surface area contributed by atoms with E-state index in [0.717, 1.165) is 5.56 Å². The van der Waals surface area contributed by atoms with Crippen LogP contribution in [0.5, 0.6) is 0 Å². The largest absolute Gasteiger partial charge is 0.478 e. The van der Waals surface area contributed by atoms with Crippen LogP contribution in [0.15, 0.2) is 59.3 Å². The van der Waals surface area contributed by atoms with Crippen molar-refractivity contribution in [2.75, 3.05) is 10.6 Å². The fourth-order valence-corrected chi connectivity index (χ4v) is 2.09. The van der Waals surface area contributed by atoms with E-state index >= 15 is 0 Å². The second kappa shape index (κ2) is 6.83. The van der Waals surface area contributed by atoms with Gasteiger partial charge in [-0.15, -0.1) is 0 Å². The van der Waals surface area contributed by atoms with Gasteiger partial charge in [0.25, 0.3) is 6.20 Å². The molecule has 0 unspecified atom stereocenters. The molecule has 8 heteroatoms. The predicted octanol–water partition coefficient (Wildman–Crippen LogP) is 2.60. The molecule has 0 aliphatic heterocycles. The minimum Gasteiger partial charge on any atom is -0.478 e. The highest BCUT2D eigenvalue weighted by atomic mass is 16.5. The number of rotatable bonds is 4. The first-order valence-corrected chi connectivity index (χ1v) is 7.38. The van der Waals surface area contributed by atoms with Crippen LogP contribution < -0.4 is 15.3 Å². The first-order chi connectivity index (χ1) is 12.0. The lowest BCUT2D eigenvalue weighted by Crippen LogP contribution is -2.31. The van der Waals surface area contributed by atoms with Crippen molar-refractivity contribution >= 4 is 23.6 Å². The molecule has 0 saturated carbocycles. The number of aryl methyl sites for hydroxylation is 1. The van der Waals surface area contributed by atoms with Crippen LogP contribution in [0.2, 0.25) is 0 Å². The van der Waals surface area contributed by atoms with Crippen LogP contribution in [0, 0.1) is 6.92 Å². The van der Waals surface area contributed by atoms with Gasteiger partial charge in [-0.3, -0.25) is 9.84 Å². The lowest BCUT2D eigenvalue weighted by atomic mass is 10.2. The van der Waals surface area contributed by atoms with Crippen LogP contribution in [0.3, 0.4) is 0 Å². The molecule has 0 bridgehead atoms. The number of amides is 2. The summed E-state index contributed by atoms with van der Waals surface area (Å²) in [6.45, 7) is 1.96. The highest BCUT2D eigenvalue weighted by Crippen LogP contribution is 2.10. The van der Waals surface area contributed by atoms with E-state index < -0.39 is 12.0 Å². The number of aromatic nitrogens is 2. The Morgan fingerprint density at radius 3 is 2.36 bits per heavy atom. The summed E-state index contributed by atoms with van der Waals surface area (Å²) in [6, 6.07) is 13.0. The number of hydrogen-bond donors (Lipinski definition) is 3. The Hall–Kier alpha value is -3.68. The van der Waals surface area contributed by atoms with Gasteiger partial charge in [-0.1, -0.05) is 17.7 Å². The van der Waals surface area contributed by atoms with E-state index in [9.17, 15) is 9.59 Å². The van der Waals surface area contributed by atoms with Crippen LogP contribution in [-0.2, 0) is 0 Å². The highest BCUT2D eigenvalue weighted by Gasteiger charge is 2.17. The van der Waals surface area contributed by atoms with Crippen molar-refractivity contribution in [1.82, 2.24) is 5.27 Å². The first kappa shape index (κ1) is 16.2. The monoisotopic (exact) mass is 339 g/mol. The van der Waals surface area contributed by atoms with Gasteiger partial charge in [-0.2, -0.15) is 0 Å². The molecule has 3 N–H and O–H groups in total. The molecule has 0 radical (unpaired) electrons. The van der Waals surface area contributed by atoms with Crippen molar-refractivity contribution in [3.05, 3.63) is 65.9 Å². The zero-order valence-electron chi connectivity index (χ0n) is 13.3. The summed E-state index contributed by atoms with van der Waals surface area (Å²) in [4.78, 5) is 22.8. The molecule has 0 saturated heterocycles. The second-order valence-corrected chi connectivity index (χ2v) is 5.31. The van der Waals surface area contributed by atoms with Gasteiger partial charge in [0.15, 0.2) is 0 Å². The summed E-state index contributed by atoms with van der Waals surface area (Å²) in [6.07, 6.45) is 1.48. The molecule has 2 amide bonds. The van der Waals surface area contributed by atoms with Gasteiger partial charge in [0.05, 0.1) is 5.56 Å². The number of aromatic carboxylic acids is 1. The maximum Gasteiger partial charge on any atom is 0.335 e. The second-order valence-electron chi connectivity index (χ2n) is 5.31. The molecule has 0 aliphatic carbocycles. The average molecular weight is 339 g/mol. The third-order valence-corrected chi connectivity index (χ3v) is 3.39. The third kappa shape index (κ3) is 3.99. The number of hydrogen-bond acceptors (Lipinski definition) is 4. The van der Waals surface area contributed by atoms with Crippen LogP contribution in [0.1, 0.15) is 15.9 Å². The van der Waals surface area contributed by atoms with Crippen LogP contribution >= 0.6 is 0 Å². The van der Waals surface area contributed by atoms with Crippen LogP contribution in [-0.4, -0.2) is 22.4 Å². The van der Waals surface area contributed by atoms with E-state index in [1.54, 1.807) is 24.3 Å². The van der Waals surface area contributed by atoms with E-state index in [1.165, 1.54) is 23.0 Å². The maximum absolute atomic E-state index is 11.9. The Kier molecular flexibility index (Phi) is 4.42. The Balaban J connectivity index is 1.65. The average Bonchev–Trinajstić information content (AvgIpc) is 3.05. The number of nitrogens with one attached hydrogen (secondary N) is 2. The van der Waals surface area contributed by atoms with Gasteiger partial charge in [-0.05, 0) is 35.9 Å². The summed E-state index contributed by atoms with van der Waals surface area (Å²) in [5, 5.41) is 17.9. The van der Waals surface area contributed by atoms with Crippen molar-refractivity contribution in [2.45, 2.75) is 6.92 Å². The molecule has 126 valence electrons. The number of carboxylic acid groups (broad SMARTS) is 1. The van der Waals surface area contributed by atoms with E-state index in [4.69, 9.17) is 9.63 Å². The molecular formula is C17H15N4O4+. The highest BCUT2D eigenvalue weighted by molar-refractivity contribution is 5.98. The minimum absolute atomic E-state index is 0.145. The molecule has 8 nitrogen and oxygen atoms in total. The van der Waals surface area contributed by atoms with Crippen LogP contribution in [0.4, 0.5) is 16.4 Å². The van der Waals surface area contributed by atoms with Gasteiger partial charge in [0.1, 0.15) is 0 Å². The Bertz CT molecular complexity index is 901. The van der Waals surface area contributed by atoms with Gasteiger partial charge in [-0.25, -0.2) is 9.59 Å². The molecular weight excluding hydrogens is 324 g/mol. The number of anilines is 2. The first-order valence-electron chi connectivity index (χ1n) is 7.38. The Morgan fingerprint density at radius 1 is 1.04 bits per heavy atom. The summed E-state index contributed by atoms with van der Waals surface area (Å²) in [5.41, 5.74) is 2.51. The molecule has 0 fully saturated rings. The smallest absolute Gasteiger partial charge is 0.335 e. The Morgan fingerprint density at radius 2 is 1.72 bits per heavy atom. The minimum atomic E-state index is -1.01. The van der Waals surface area contributed by atoms with Gasteiger partial charge >= 0.3 is 17.9 Å². The quantitative estimate of drug-likeness (QED) is 0.633. The normalized spacial score (nSPS) is 10.3. The predicted molar refractivity (Wildman–Crippen MR) is 88.8 cm³/mol. The maximum atomic E-state index is 11.9. The molecule has 0 aliphatic rings. The summed E-state index contributed by atoms with van der Waals surface area (Å²) in [5.74, 6) is -0.862. The number of benzene rings is 2. The van der Waals surface area contributed by atoms with Crippen molar-refractivity contribution < 1.29 is 23.9 Å². The number of nitrogens with zero attached hydrogens (tertiary/aromatic N) is 2. The SMILES string of the molecule is Cc1ccc(NC(=O)Nc2c[n+](-c3ccc(C(=O)O)cc3)no2)cc1. The van der Waals surface area contributed by atoms with Crippen LogP contribution in [0.25, 0.3) is 5.69 Å². The fraction of sp³-hybridized carbons (Fsp3) is 0.0588. The number of urea groups is 1. The molecule has 3 rings (SSSR count). The molecule has 0 atom stereocenters. The third-order valence-electron chi connectivity index (χ3n) is 3.39.